The van der Waals surface area contributed by atoms with Crippen LogP contribution in [-0.2, 0) is 4.79 Å². The molecule has 6 heteroatoms. The van der Waals surface area contributed by atoms with E-state index in [-0.39, 0.29) is 6.42 Å². The molecule has 0 aliphatic carbocycles. The molecule has 0 aliphatic rings. The molecule has 1 aromatic carbocycles. The minimum atomic E-state index is -2.50. The van der Waals surface area contributed by atoms with Crippen molar-refractivity contribution < 1.29 is 13.6 Å². The van der Waals surface area contributed by atoms with Gasteiger partial charge >= 0.3 is 0 Å². The van der Waals surface area contributed by atoms with Crippen LogP contribution in [0, 0.1) is 11.3 Å². The van der Waals surface area contributed by atoms with Gasteiger partial charge in [-0.25, -0.2) is 0 Å². The summed E-state index contributed by atoms with van der Waals surface area (Å²) in [5, 5.41) is 10.7. The quantitative estimate of drug-likeness (QED) is 0.826. The molecule has 0 fully saturated rings. The number of amides is 1. The SMILES string of the molecule is N#CCC(=O)Nc1cccc(SC(F)F)c1. The topological polar surface area (TPSA) is 52.9 Å². The van der Waals surface area contributed by atoms with Gasteiger partial charge in [0.05, 0.1) is 6.07 Å². The number of alkyl halides is 2. The highest BCUT2D eigenvalue weighted by atomic mass is 32.2. The first-order chi connectivity index (χ1) is 7.61. The van der Waals surface area contributed by atoms with Crippen LogP contribution in [0.25, 0.3) is 0 Å². The molecule has 0 spiro atoms. The molecule has 1 amide bonds. The number of nitrogens with one attached hydrogen (secondary N) is 1. The van der Waals surface area contributed by atoms with Crippen molar-refractivity contribution >= 4 is 23.4 Å². The molecule has 1 N–H and O–H groups in total. The lowest BCUT2D eigenvalue weighted by atomic mass is 10.3. The van der Waals surface area contributed by atoms with Gasteiger partial charge in [-0.1, -0.05) is 17.8 Å². The summed E-state index contributed by atoms with van der Waals surface area (Å²) in [5.41, 5.74) is 0.408. The number of anilines is 1. The van der Waals surface area contributed by atoms with Crippen LogP contribution < -0.4 is 5.32 Å². The van der Waals surface area contributed by atoms with Crippen LogP contribution in [0.15, 0.2) is 29.2 Å². The molecule has 0 saturated carbocycles. The van der Waals surface area contributed by atoms with Crippen LogP contribution in [0.2, 0.25) is 0 Å². The van der Waals surface area contributed by atoms with E-state index in [4.69, 9.17) is 5.26 Å². The fourth-order valence-electron chi connectivity index (χ4n) is 1.03. The molecule has 0 bridgehead atoms. The van der Waals surface area contributed by atoms with E-state index >= 15 is 0 Å². The fraction of sp³-hybridized carbons (Fsp3) is 0.200. The zero-order chi connectivity index (χ0) is 12.0. The number of hydrogen-bond donors (Lipinski definition) is 1. The largest absolute Gasteiger partial charge is 0.325 e. The molecule has 16 heavy (non-hydrogen) atoms. The van der Waals surface area contributed by atoms with Crippen molar-refractivity contribution in [3.05, 3.63) is 24.3 Å². The molecule has 0 saturated heterocycles. The van der Waals surface area contributed by atoms with Crippen molar-refractivity contribution in [1.29, 1.82) is 5.26 Å². The Hall–Kier alpha value is -1.61. The molecule has 1 rings (SSSR count). The molecular weight excluding hydrogens is 234 g/mol. The zero-order valence-electron chi connectivity index (χ0n) is 8.11. The number of nitriles is 1. The summed E-state index contributed by atoms with van der Waals surface area (Å²) < 4.78 is 24.1. The van der Waals surface area contributed by atoms with Gasteiger partial charge in [-0.05, 0) is 18.2 Å². The Balaban J connectivity index is 2.68. The molecule has 0 unspecified atom stereocenters. The number of carbonyl (C=O) groups is 1. The molecular formula is C10H8F2N2OS. The molecule has 0 aliphatic heterocycles. The van der Waals surface area contributed by atoms with Crippen molar-refractivity contribution in [2.45, 2.75) is 17.1 Å². The number of benzene rings is 1. The first kappa shape index (κ1) is 12.5. The van der Waals surface area contributed by atoms with Gasteiger partial charge in [-0.15, -0.1) is 0 Å². The van der Waals surface area contributed by atoms with Crippen LogP contribution in [0.3, 0.4) is 0 Å². The van der Waals surface area contributed by atoms with Crippen LogP contribution in [-0.4, -0.2) is 11.7 Å². The third-order valence-electron chi connectivity index (χ3n) is 1.58. The Morgan fingerprint density at radius 2 is 2.31 bits per heavy atom. The first-order valence-electron chi connectivity index (χ1n) is 4.33. The van der Waals surface area contributed by atoms with Crippen molar-refractivity contribution in [3.63, 3.8) is 0 Å². The van der Waals surface area contributed by atoms with Gasteiger partial charge in [0.2, 0.25) is 5.91 Å². The maximum atomic E-state index is 12.1. The van der Waals surface area contributed by atoms with Crippen molar-refractivity contribution in [2.24, 2.45) is 0 Å². The highest BCUT2D eigenvalue weighted by Crippen LogP contribution is 2.27. The summed E-state index contributed by atoms with van der Waals surface area (Å²) in [5.74, 6) is -2.95. The lowest BCUT2D eigenvalue weighted by Gasteiger charge is -2.05. The lowest BCUT2D eigenvalue weighted by Crippen LogP contribution is -2.09. The van der Waals surface area contributed by atoms with E-state index in [0.717, 1.165) is 0 Å². The summed E-state index contributed by atoms with van der Waals surface area (Å²) >= 11 is 0.403. The molecule has 1 aromatic rings. The maximum Gasteiger partial charge on any atom is 0.288 e. The second-order valence-corrected chi connectivity index (χ2v) is 3.85. The van der Waals surface area contributed by atoms with Crippen LogP contribution in [0.4, 0.5) is 14.5 Å². The standard InChI is InChI=1S/C10H8F2N2OS/c11-10(12)16-8-3-1-2-7(6-8)14-9(15)4-5-13/h1-3,6,10H,4H2,(H,14,15). The van der Waals surface area contributed by atoms with Gasteiger partial charge in [0, 0.05) is 10.6 Å². The molecule has 0 atom stereocenters. The monoisotopic (exact) mass is 242 g/mol. The molecule has 0 radical (unpaired) electrons. The highest BCUT2D eigenvalue weighted by Gasteiger charge is 2.06. The van der Waals surface area contributed by atoms with Crippen molar-refractivity contribution in [3.8, 4) is 6.07 Å². The van der Waals surface area contributed by atoms with E-state index in [2.05, 4.69) is 5.32 Å². The predicted octanol–water partition coefficient (Wildman–Crippen LogP) is 2.85. The second-order valence-electron chi connectivity index (χ2n) is 2.79. The summed E-state index contributed by atoms with van der Waals surface area (Å²) in [6.45, 7) is 0. The second kappa shape index (κ2) is 6.08. The van der Waals surface area contributed by atoms with E-state index in [1.165, 1.54) is 12.1 Å². The van der Waals surface area contributed by atoms with Gasteiger partial charge in [0.1, 0.15) is 6.42 Å². The van der Waals surface area contributed by atoms with Crippen molar-refractivity contribution in [2.75, 3.05) is 5.32 Å². The van der Waals surface area contributed by atoms with E-state index in [1.807, 2.05) is 0 Å². The lowest BCUT2D eigenvalue weighted by molar-refractivity contribution is -0.115. The summed E-state index contributed by atoms with van der Waals surface area (Å²) in [6.07, 6.45) is -0.258. The van der Waals surface area contributed by atoms with Gasteiger partial charge < -0.3 is 5.32 Å². The minimum absolute atomic E-state index is 0.258. The van der Waals surface area contributed by atoms with Gasteiger partial charge in [-0.3, -0.25) is 4.79 Å². The summed E-state index contributed by atoms with van der Waals surface area (Å²) in [4.78, 5) is 11.4. The Labute approximate surface area is 95.4 Å². The Kier molecular flexibility index (Phi) is 4.73. The van der Waals surface area contributed by atoms with E-state index in [0.29, 0.717) is 22.3 Å². The Morgan fingerprint density at radius 3 is 2.94 bits per heavy atom. The van der Waals surface area contributed by atoms with Crippen molar-refractivity contribution in [1.82, 2.24) is 0 Å². The number of hydrogen-bond acceptors (Lipinski definition) is 3. The third kappa shape index (κ3) is 4.28. The average molecular weight is 242 g/mol. The average Bonchev–Trinajstić information content (AvgIpc) is 2.17. The van der Waals surface area contributed by atoms with E-state index in [9.17, 15) is 13.6 Å². The highest BCUT2D eigenvalue weighted by molar-refractivity contribution is 7.99. The maximum absolute atomic E-state index is 12.1. The Bertz CT molecular complexity index is 418. The fourth-order valence-corrected chi connectivity index (χ4v) is 1.58. The molecule has 84 valence electrons. The number of thioether (sulfide) groups is 1. The van der Waals surface area contributed by atoms with E-state index in [1.54, 1.807) is 18.2 Å². The number of nitrogens with zero attached hydrogens (tertiary/aromatic N) is 1. The number of halogens is 2. The molecule has 3 nitrogen and oxygen atoms in total. The molecule has 0 aromatic heterocycles. The molecule has 0 heterocycles. The van der Waals surface area contributed by atoms with Crippen LogP contribution in [0.5, 0.6) is 0 Å². The summed E-state index contributed by atoms with van der Waals surface area (Å²) in [7, 11) is 0. The third-order valence-corrected chi connectivity index (χ3v) is 2.29. The normalized spacial score (nSPS) is 9.88. The smallest absolute Gasteiger partial charge is 0.288 e. The minimum Gasteiger partial charge on any atom is -0.325 e. The van der Waals surface area contributed by atoms with Crippen LogP contribution in [0.1, 0.15) is 6.42 Å². The Morgan fingerprint density at radius 1 is 1.56 bits per heavy atom. The van der Waals surface area contributed by atoms with Crippen LogP contribution >= 0.6 is 11.8 Å². The number of rotatable bonds is 4. The van der Waals surface area contributed by atoms with Gasteiger partial charge in [-0.2, -0.15) is 14.0 Å². The predicted molar refractivity (Wildman–Crippen MR) is 57.2 cm³/mol. The first-order valence-corrected chi connectivity index (χ1v) is 5.21. The zero-order valence-corrected chi connectivity index (χ0v) is 8.93. The summed E-state index contributed by atoms with van der Waals surface area (Å²) in [6, 6.07) is 7.79. The number of carbonyl (C=O) groups excluding carboxylic acids is 1. The van der Waals surface area contributed by atoms with E-state index < -0.39 is 11.7 Å². The van der Waals surface area contributed by atoms with Gasteiger partial charge in [0.15, 0.2) is 0 Å². The van der Waals surface area contributed by atoms with Gasteiger partial charge in [0.25, 0.3) is 5.76 Å².